The predicted octanol–water partition coefficient (Wildman–Crippen LogP) is 1.12. The first-order valence-corrected chi connectivity index (χ1v) is 6.10. The van der Waals surface area contributed by atoms with E-state index >= 15 is 0 Å². The van der Waals surface area contributed by atoms with Crippen molar-refractivity contribution in [3.8, 4) is 0 Å². The number of rotatable bonds is 6. The molecule has 1 atom stereocenters. The van der Waals surface area contributed by atoms with E-state index in [9.17, 15) is 0 Å². The Labute approximate surface area is 92.4 Å². The highest BCUT2D eigenvalue weighted by Gasteiger charge is 2.44. The molecule has 1 heterocycles. The minimum atomic E-state index is 0.363. The molecule has 2 aliphatic rings. The highest BCUT2D eigenvalue weighted by atomic mass is 16.5. The molecule has 2 fully saturated rings. The van der Waals surface area contributed by atoms with Gasteiger partial charge in [-0.15, -0.1) is 0 Å². The van der Waals surface area contributed by atoms with Crippen LogP contribution in [0.1, 0.15) is 25.7 Å². The first kappa shape index (κ1) is 11.4. The molecule has 3 nitrogen and oxygen atoms in total. The van der Waals surface area contributed by atoms with Crippen LogP contribution in [0.2, 0.25) is 0 Å². The highest BCUT2D eigenvalue weighted by Crippen LogP contribution is 2.49. The molecule has 3 heteroatoms. The number of nitrogens with zero attached hydrogens (tertiary/aromatic N) is 1. The van der Waals surface area contributed by atoms with Crippen LogP contribution in [0.15, 0.2) is 0 Å². The van der Waals surface area contributed by atoms with Crippen molar-refractivity contribution in [1.82, 2.24) is 4.90 Å². The quantitative estimate of drug-likeness (QED) is 0.717. The summed E-state index contributed by atoms with van der Waals surface area (Å²) in [5.74, 6) is 0.531. The summed E-state index contributed by atoms with van der Waals surface area (Å²) < 4.78 is 5.17. The number of likely N-dealkylation sites (tertiary alicyclic amines) is 1. The number of aliphatic hydroxyl groups is 1. The third-order valence-corrected chi connectivity index (χ3v) is 3.98. The Morgan fingerprint density at radius 3 is 2.80 bits per heavy atom. The summed E-state index contributed by atoms with van der Waals surface area (Å²) in [6, 6.07) is 0. The zero-order valence-corrected chi connectivity index (χ0v) is 9.74. The fourth-order valence-corrected chi connectivity index (χ4v) is 2.66. The summed E-state index contributed by atoms with van der Waals surface area (Å²) in [7, 11) is 1.79. The topological polar surface area (TPSA) is 32.7 Å². The molecule has 1 N–H and O–H groups in total. The molecule has 0 aromatic rings. The van der Waals surface area contributed by atoms with Crippen molar-refractivity contribution in [2.75, 3.05) is 40.0 Å². The molecule has 2 rings (SSSR count). The van der Waals surface area contributed by atoms with E-state index in [1.807, 2.05) is 0 Å². The highest BCUT2D eigenvalue weighted by molar-refractivity contribution is 4.96. The second-order valence-electron chi connectivity index (χ2n) is 5.32. The molecule has 1 saturated carbocycles. The average molecular weight is 213 g/mol. The van der Waals surface area contributed by atoms with Crippen LogP contribution < -0.4 is 0 Å². The minimum Gasteiger partial charge on any atom is -0.396 e. The van der Waals surface area contributed by atoms with Crippen LogP contribution in [0.3, 0.4) is 0 Å². The van der Waals surface area contributed by atoms with Gasteiger partial charge in [-0.25, -0.2) is 0 Å². The van der Waals surface area contributed by atoms with Crippen LogP contribution in [0, 0.1) is 11.3 Å². The van der Waals surface area contributed by atoms with Crippen LogP contribution in [0.25, 0.3) is 0 Å². The molecular formula is C12H23NO2. The normalized spacial score (nSPS) is 29.6. The van der Waals surface area contributed by atoms with Crippen molar-refractivity contribution in [1.29, 1.82) is 0 Å². The molecule has 0 spiro atoms. The van der Waals surface area contributed by atoms with Gasteiger partial charge in [0.1, 0.15) is 0 Å². The van der Waals surface area contributed by atoms with Crippen LogP contribution in [-0.4, -0.2) is 50.0 Å². The molecule has 0 aromatic heterocycles. The summed E-state index contributed by atoms with van der Waals surface area (Å²) in [4.78, 5) is 2.53. The van der Waals surface area contributed by atoms with Crippen molar-refractivity contribution in [3.63, 3.8) is 0 Å². The molecular weight excluding hydrogens is 190 g/mol. The van der Waals surface area contributed by atoms with Gasteiger partial charge in [0.25, 0.3) is 0 Å². The van der Waals surface area contributed by atoms with Gasteiger partial charge >= 0.3 is 0 Å². The smallest absolute Gasteiger partial charge is 0.0471 e. The van der Waals surface area contributed by atoms with Gasteiger partial charge in [0.05, 0.1) is 0 Å². The van der Waals surface area contributed by atoms with Crippen molar-refractivity contribution in [2.45, 2.75) is 25.7 Å². The summed E-state index contributed by atoms with van der Waals surface area (Å²) in [5.41, 5.74) is 0.570. The van der Waals surface area contributed by atoms with Gasteiger partial charge in [0, 0.05) is 33.4 Å². The summed E-state index contributed by atoms with van der Waals surface area (Å²) in [5, 5.41) is 9.09. The Bertz CT molecular complexity index is 204. The first-order chi connectivity index (χ1) is 7.28. The number of ether oxygens (including phenoxy) is 1. The fourth-order valence-electron chi connectivity index (χ4n) is 2.66. The van der Waals surface area contributed by atoms with Crippen molar-refractivity contribution >= 4 is 0 Å². The number of hydrogen-bond donors (Lipinski definition) is 1. The zero-order chi connectivity index (χ0) is 10.7. The van der Waals surface area contributed by atoms with Crippen LogP contribution in [-0.2, 0) is 4.74 Å². The molecule has 0 amide bonds. The molecule has 1 saturated heterocycles. The Balaban J connectivity index is 1.72. The van der Waals surface area contributed by atoms with E-state index in [0.717, 1.165) is 13.2 Å². The number of methoxy groups -OCH3 is 1. The third kappa shape index (κ3) is 2.92. The summed E-state index contributed by atoms with van der Waals surface area (Å²) in [6.45, 7) is 4.77. The predicted molar refractivity (Wildman–Crippen MR) is 59.8 cm³/mol. The Morgan fingerprint density at radius 2 is 2.27 bits per heavy atom. The third-order valence-electron chi connectivity index (χ3n) is 3.98. The second-order valence-corrected chi connectivity index (χ2v) is 5.32. The maximum Gasteiger partial charge on any atom is 0.0471 e. The first-order valence-electron chi connectivity index (χ1n) is 6.10. The van der Waals surface area contributed by atoms with Crippen molar-refractivity contribution in [3.05, 3.63) is 0 Å². The zero-order valence-electron chi connectivity index (χ0n) is 9.74. The Hall–Kier alpha value is -0.120. The lowest BCUT2D eigenvalue weighted by molar-refractivity contribution is 0.151. The molecule has 0 bridgehead atoms. The SMILES string of the molecule is COCCC1(CN2CCC(CO)C2)CC1. The lowest BCUT2D eigenvalue weighted by Crippen LogP contribution is -2.29. The Morgan fingerprint density at radius 1 is 1.47 bits per heavy atom. The van der Waals surface area contributed by atoms with E-state index < -0.39 is 0 Å². The molecule has 1 aliphatic heterocycles. The molecule has 0 radical (unpaired) electrons. The van der Waals surface area contributed by atoms with Gasteiger partial charge in [-0.1, -0.05) is 0 Å². The van der Waals surface area contributed by atoms with Crippen molar-refractivity contribution in [2.24, 2.45) is 11.3 Å². The van der Waals surface area contributed by atoms with Crippen molar-refractivity contribution < 1.29 is 9.84 Å². The van der Waals surface area contributed by atoms with E-state index in [2.05, 4.69) is 4.90 Å². The Kier molecular flexibility index (Phi) is 3.65. The molecule has 88 valence electrons. The van der Waals surface area contributed by atoms with Gasteiger partial charge in [-0.3, -0.25) is 0 Å². The van der Waals surface area contributed by atoms with E-state index in [0.29, 0.717) is 17.9 Å². The van der Waals surface area contributed by atoms with E-state index in [-0.39, 0.29) is 0 Å². The van der Waals surface area contributed by atoms with Gasteiger partial charge in [0.15, 0.2) is 0 Å². The summed E-state index contributed by atoms with van der Waals surface area (Å²) >= 11 is 0. The maximum atomic E-state index is 9.09. The lowest BCUT2D eigenvalue weighted by Gasteiger charge is -2.23. The molecule has 1 aliphatic carbocycles. The number of aliphatic hydroxyl groups excluding tert-OH is 1. The van der Waals surface area contributed by atoms with Gasteiger partial charge < -0.3 is 14.7 Å². The second kappa shape index (κ2) is 4.81. The summed E-state index contributed by atoms with van der Waals surface area (Å²) in [6.07, 6.45) is 5.13. The van der Waals surface area contributed by atoms with Gasteiger partial charge in [-0.2, -0.15) is 0 Å². The van der Waals surface area contributed by atoms with E-state index in [1.54, 1.807) is 7.11 Å². The van der Waals surface area contributed by atoms with Crippen LogP contribution >= 0.6 is 0 Å². The van der Waals surface area contributed by atoms with Gasteiger partial charge in [0.2, 0.25) is 0 Å². The maximum absolute atomic E-state index is 9.09. The van der Waals surface area contributed by atoms with E-state index in [4.69, 9.17) is 9.84 Å². The number of hydrogen-bond acceptors (Lipinski definition) is 3. The molecule has 15 heavy (non-hydrogen) atoms. The largest absolute Gasteiger partial charge is 0.396 e. The minimum absolute atomic E-state index is 0.363. The lowest BCUT2D eigenvalue weighted by atomic mass is 10.0. The van der Waals surface area contributed by atoms with E-state index in [1.165, 1.54) is 38.8 Å². The van der Waals surface area contributed by atoms with Crippen LogP contribution in [0.4, 0.5) is 0 Å². The monoisotopic (exact) mass is 213 g/mol. The molecule has 1 unspecified atom stereocenters. The standard InChI is InChI=1S/C12H23NO2/c1-15-7-5-12(3-4-12)10-13-6-2-11(8-13)9-14/h11,14H,2-10H2,1H3. The van der Waals surface area contributed by atoms with Gasteiger partial charge in [-0.05, 0) is 43.6 Å². The molecule has 0 aromatic carbocycles. The fraction of sp³-hybridized carbons (Fsp3) is 1.00. The average Bonchev–Trinajstić information content (AvgIpc) is 2.85. The van der Waals surface area contributed by atoms with Crippen LogP contribution in [0.5, 0.6) is 0 Å².